The average molecular weight is 241 g/mol. The summed E-state index contributed by atoms with van der Waals surface area (Å²) in [5.41, 5.74) is 1.10. The molecule has 0 unspecified atom stereocenters. The van der Waals surface area contributed by atoms with Gasteiger partial charge >= 0.3 is 5.91 Å². The summed E-state index contributed by atoms with van der Waals surface area (Å²) < 4.78 is 13.2. The van der Waals surface area contributed by atoms with Crippen molar-refractivity contribution in [3.05, 3.63) is 34.1 Å². The maximum Gasteiger partial charge on any atom is 0.322 e. The normalized spacial score (nSPS) is 9.62. The summed E-state index contributed by atoms with van der Waals surface area (Å²) in [6, 6.07) is 4.31. The van der Waals surface area contributed by atoms with Crippen LogP contribution in [0.5, 0.6) is 0 Å². The Morgan fingerprint density at radius 2 is 2.31 bits per heavy atom. The van der Waals surface area contributed by atoms with Crippen LogP contribution in [0.1, 0.15) is 11.1 Å². The van der Waals surface area contributed by atoms with Crippen molar-refractivity contribution in [2.24, 2.45) is 0 Å². The Morgan fingerprint density at radius 1 is 1.62 bits per heavy atom. The van der Waals surface area contributed by atoms with Gasteiger partial charge in [0.15, 0.2) is 6.07 Å². The quantitative estimate of drug-likeness (QED) is 0.822. The highest BCUT2D eigenvalue weighted by Gasteiger charge is 2.06. The van der Waals surface area contributed by atoms with Gasteiger partial charge in [-0.2, -0.15) is 5.26 Å². The largest absolute Gasteiger partial charge is 0.343 e. The van der Waals surface area contributed by atoms with Gasteiger partial charge in [0.2, 0.25) is 0 Å². The summed E-state index contributed by atoms with van der Waals surface area (Å²) in [6.45, 7) is 1.89. The summed E-state index contributed by atoms with van der Waals surface area (Å²) in [7, 11) is 0. The molecule has 0 aliphatic rings. The van der Waals surface area contributed by atoms with Crippen LogP contribution in [0.25, 0.3) is 0 Å². The van der Waals surface area contributed by atoms with Crippen LogP contribution in [-0.4, -0.2) is 12.5 Å². The molecule has 0 atom stereocenters. The highest BCUT2D eigenvalue weighted by Crippen LogP contribution is 2.20. The number of aryl methyl sites for hydroxylation is 1. The van der Waals surface area contributed by atoms with E-state index in [1.165, 1.54) is 12.1 Å². The van der Waals surface area contributed by atoms with Crippen LogP contribution >= 0.6 is 11.6 Å². The van der Waals surface area contributed by atoms with E-state index in [1.54, 1.807) is 13.0 Å². The van der Waals surface area contributed by atoms with E-state index in [0.29, 0.717) is 22.6 Å². The summed E-state index contributed by atoms with van der Waals surface area (Å²) in [5.74, 6) is -1.03. The van der Waals surface area contributed by atoms with Crippen molar-refractivity contribution < 1.29 is 9.18 Å². The molecule has 1 aromatic rings. The van der Waals surface area contributed by atoms with Crippen LogP contribution in [0.3, 0.4) is 0 Å². The van der Waals surface area contributed by atoms with E-state index in [9.17, 15) is 9.18 Å². The number of nitrogens with zero attached hydrogens (tertiary/aromatic N) is 1. The number of nitrogens with one attached hydrogen (secondary N) is 1. The zero-order valence-electron chi connectivity index (χ0n) is 8.68. The average Bonchev–Trinajstić information content (AvgIpc) is 2.25. The monoisotopic (exact) mass is 240 g/mol. The summed E-state index contributed by atoms with van der Waals surface area (Å²) in [4.78, 5) is 10.6. The molecule has 5 heteroatoms. The Balaban J connectivity index is 2.65. The predicted molar refractivity (Wildman–Crippen MR) is 58.5 cm³/mol. The third-order valence-electron chi connectivity index (χ3n) is 2.11. The van der Waals surface area contributed by atoms with Crippen LogP contribution in [0.15, 0.2) is 12.1 Å². The summed E-state index contributed by atoms with van der Waals surface area (Å²) >= 11 is 5.91. The first-order chi connectivity index (χ1) is 7.54. The first-order valence-corrected chi connectivity index (χ1v) is 5.05. The third-order valence-corrected chi connectivity index (χ3v) is 2.46. The van der Waals surface area contributed by atoms with Gasteiger partial charge in [-0.1, -0.05) is 11.6 Å². The third kappa shape index (κ3) is 3.21. The molecule has 0 spiro atoms. The second-order valence-electron chi connectivity index (χ2n) is 3.31. The maximum absolute atomic E-state index is 13.2. The molecule has 1 N–H and O–H groups in total. The lowest BCUT2D eigenvalue weighted by molar-refractivity contribution is -0.115. The number of hydrogen-bond acceptors (Lipinski definition) is 2. The second kappa shape index (κ2) is 5.47. The molecule has 3 nitrogen and oxygen atoms in total. The lowest BCUT2D eigenvalue weighted by Gasteiger charge is -2.06. The van der Waals surface area contributed by atoms with Gasteiger partial charge in [-0.05, 0) is 36.6 Å². The molecule has 1 aromatic carbocycles. The van der Waals surface area contributed by atoms with Gasteiger partial charge in [-0.3, -0.25) is 4.79 Å². The molecule has 0 fully saturated rings. The fourth-order valence-electron chi connectivity index (χ4n) is 1.23. The molecule has 0 aliphatic carbocycles. The van der Waals surface area contributed by atoms with Crippen LogP contribution < -0.4 is 5.32 Å². The molecule has 0 radical (unpaired) electrons. The fourth-order valence-corrected chi connectivity index (χ4v) is 1.54. The van der Waals surface area contributed by atoms with E-state index in [1.807, 2.05) is 0 Å². The minimum atomic E-state index is -0.705. The molecular formula is C11H10ClFN2O. The number of halogens is 2. The SMILES string of the molecule is Cc1cc(Cl)c(CCNC(=O)C#N)cc1F. The van der Waals surface area contributed by atoms with Gasteiger partial charge in [0, 0.05) is 11.6 Å². The molecule has 1 rings (SSSR count). The zero-order chi connectivity index (χ0) is 12.1. The van der Waals surface area contributed by atoms with Gasteiger partial charge in [-0.15, -0.1) is 0 Å². The number of rotatable bonds is 3. The first kappa shape index (κ1) is 12.5. The van der Waals surface area contributed by atoms with Crippen molar-refractivity contribution in [2.45, 2.75) is 13.3 Å². The van der Waals surface area contributed by atoms with Gasteiger partial charge in [0.05, 0.1) is 0 Å². The molecule has 0 heterocycles. The Kier molecular flexibility index (Phi) is 4.27. The fraction of sp³-hybridized carbons (Fsp3) is 0.273. The summed E-state index contributed by atoms with van der Waals surface area (Å²) in [6.07, 6.45) is 0.392. The predicted octanol–water partition coefficient (Wildman–Crippen LogP) is 1.97. The maximum atomic E-state index is 13.2. The van der Waals surface area contributed by atoms with Gasteiger partial charge in [0.1, 0.15) is 5.82 Å². The van der Waals surface area contributed by atoms with Crippen molar-refractivity contribution in [1.82, 2.24) is 5.32 Å². The number of hydrogen-bond donors (Lipinski definition) is 1. The van der Waals surface area contributed by atoms with E-state index in [2.05, 4.69) is 5.32 Å². The van der Waals surface area contributed by atoms with Crippen LogP contribution in [-0.2, 0) is 11.2 Å². The number of amides is 1. The van der Waals surface area contributed by atoms with Crippen LogP contribution in [0.2, 0.25) is 5.02 Å². The number of carbonyl (C=O) groups is 1. The van der Waals surface area contributed by atoms with E-state index < -0.39 is 5.91 Å². The lowest BCUT2D eigenvalue weighted by atomic mass is 10.1. The zero-order valence-corrected chi connectivity index (χ0v) is 9.44. The highest BCUT2D eigenvalue weighted by atomic mass is 35.5. The first-order valence-electron chi connectivity index (χ1n) is 4.67. The number of benzene rings is 1. The standard InChI is InChI=1S/C11H10ClFN2O/c1-7-4-9(12)8(5-10(7)13)2-3-15-11(16)6-14/h4-5H,2-3H2,1H3,(H,15,16). The van der Waals surface area contributed by atoms with E-state index in [-0.39, 0.29) is 12.4 Å². The molecule has 1 amide bonds. The minimum absolute atomic E-state index is 0.259. The molecule has 84 valence electrons. The molecule has 0 bridgehead atoms. The van der Waals surface area contributed by atoms with Crippen molar-refractivity contribution in [3.8, 4) is 6.07 Å². The Morgan fingerprint density at radius 3 is 2.94 bits per heavy atom. The number of carbonyl (C=O) groups excluding carboxylic acids is 1. The lowest BCUT2D eigenvalue weighted by Crippen LogP contribution is -2.23. The highest BCUT2D eigenvalue weighted by molar-refractivity contribution is 6.31. The number of nitriles is 1. The smallest absolute Gasteiger partial charge is 0.322 e. The molecule has 0 saturated carbocycles. The van der Waals surface area contributed by atoms with Gasteiger partial charge in [0.25, 0.3) is 0 Å². The summed E-state index contributed by atoms with van der Waals surface area (Å²) in [5, 5.41) is 11.0. The van der Waals surface area contributed by atoms with E-state index in [0.717, 1.165) is 0 Å². The van der Waals surface area contributed by atoms with Crippen molar-refractivity contribution in [1.29, 1.82) is 5.26 Å². The van der Waals surface area contributed by atoms with Crippen LogP contribution in [0.4, 0.5) is 4.39 Å². The Labute approximate surface area is 97.8 Å². The van der Waals surface area contributed by atoms with Gasteiger partial charge < -0.3 is 5.32 Å². The topological polar surface area (TPSA) is 52.9 Å². The molecule has 0 saturated heterocycles. The van der Waals surface area contributed by atoms with E-state index >= 15 is 0 Å². The van der Waals surface area contributed by atoms with Crippen molar-refractivity contribution in [2.75, 3.05) is 6.54 Å². The van der Waals surface area contributed by atoms with E-state index in [4.69, 9.17) is 16.9 Å². The van der Waals surface area contributed by atoms with Crippen LogP contribution in [0, 0.1) is 24.1 Å². The molecular weight excluding hydrogens is 231 g/mol. The van der Waals surface area contributed by atoms with Crippen molar-refractivity contribution >= 4 is 17.5 Å². The molecule has 16 heavy (non-hydrogen) atoms. The Bertz CT molecular complexity index is 454. The molecule has 0 aliphatic heterocycles. The minimum Gasteiger partial charge on any atom is -0.343 e. The van der Waals surface area contributed by atoms with Crippen molar-refractivity contribution in [3.63, 3.8) is 0 Å². The second-order valence-corrected chi connectivity index (χ2v) is 3.72. The molecule has 0 aromatic heterocycles. The Hall–Kier alpha value is -1.60. The van der Waals surface area contributed by atoms with Gasteiger partial charge in [-0.25, -0.2) is 4.39 Å².